The number of hydrogen-bond donors (Lipinski definition) is 1. The Labute approximate surface area is 187 Å². The third kappa shape index (κ3) is 5.17. The summed E-state index contributed by atoms with van der Waals surface area (Å²) in [5.74, 6) is 1.37. The number of benzene rings is 2. The summed E-state index contributed by atoms with van der Waals surface area (Å²) in [5.41, 5.74) is 4.27. The van der Waals surface area contributed by atoms with Gasteiger partial charge in [-0.25, -0.2) is 4.99 Å². The fourth-order valence-corrected chi connectivity index (χ4v) is 3.54. The van der Waals surface area contributed by atoms with Gasteiger partial charge < -0.3 is 9.84 Å². The number of hydrogen-bond acceptors (Lipinski definition) is 4. The van der Waals surface area contributed by atoms with E-state index in [0.717, 1.165) is 22.4 Å². The van der Waals surface area contributed by atoms with Crippen LogP contribution in [0.15, 0.2) is 46.4 Å². The number of phenols is 1. The second kappa shape index (κ2) is 8.49. The molecule has 1 N–H and O–H groups in total. The zero-order valence-electron chi connectivity index (χ0n) is 20.2. The summed E-state index contributed by atoms with van der Waals surface area (Å²) in [5, 5.41) is 11.0. The molecule has 0 amide bonds. The predicted molar refractivity (Wildman–Crippen MR) is 130 cm³/mol. The van der Waals surface area contributed by atoms with Crippen molar-refractivity contribution in [2.75, 3.05) is 6.61 Å². The molecule has 1 aliphatic heterocycles. The van der Waals surface area contributed by atoms with E-state index in [1.54, 1.807) is 6.21 Å². The first-order chi connectivity index (χ1) is 14.4. The van der Waals surface area contributed by atoms with E-state index in [9.17, 15) is 5.11 Å². The Kier molecular flexibility index (Phi) is 6.31. The van der Waals surface area contributed by atoms with Crippen LogP contribution in [0.1, 0.15) is 77.6 Å². The Morgan fingerprint density at radius 1 is 1.06 bits per heavy atom. The van der Waals surface area contributed by atoms with Gasteiger partial charge >= 0.3 is 0 Å². The zero-order chi connectivity index (χ0) is 23.0. The molecule has 0 saturated heterocycles. The van der Waals surface area contributed by atoms with Crippen molar-refractivity contribution >= 4 is 17.8 Å². The minimum Gasteiger partial charge on any atom is -0.507 e. The monoisotopic (exact) mass is 420 g/mol. The summed E-state index contributed by atoms with van der Waals surface area (Å²) < 4.78 is 5.88. The zero-order valence-corrected chi connectivity index (χ0v) is 20.2. The van der Waals surface area contributed by atoms with Crippen LogP contribution < -0.4 is 0 Å². The van der Waals surface area contributed by atoms with Gasteiger partial charge in [0.05, 0.1) is 17.3 Å². The molecule has 1 atom stereocenters. The van der Waals surface area contributed by atoms with Gasteiger partial charge in [0.1, 0.15) is 12.4 Å². The number of phenolic OH excluding ortho intramolecular Hbond substituents is 1. The van der Waals surface area contributed by atoms with Crippen molar-refractivity contribution in [2.24, 2.45) is 15.9 Å². The molecule has 0 saturated carbocycles. The molecule has 0 spiro atoms. The molecular formula is C27H36N2O2. The van der Waals surface area contributed by atoms with Crippen molar-refractivity contribution in [3.8, 4) is 5.75 Å². The molecule has 0 aliphatic carbocycles. The molecule has 0 radical (unpaired) electrons. The van der Waals surface area contributed by atoms with Crippen LogP contribution in [0.4, 0.5) is 5.69 Å². The molecule has 1 heterocycles. The summed E-state index contributed by atoms with van der Waals surface area (Å²) in [6.45, 7) is 17.8. The molecule has 0 bridgehead atoms. The summed E-state index contributed by atoms with van der Waals surface area (Å²) in [6, 6.07) is 12.2. The summed E-state index contributed by atoms with van der Waals surface area (Å²) in [4.78, 5) is 9.51. The third-order valence-corrected chi connectivity index (χ3v) is 5.73. The second-order valence-electron chi connectivity index (χ2n) is 10.8. The highest BCUT2D eigenvalue weighted by Gasteiger charge is 2.26. The second-order valence-corrected chi connectivity index (χ2v) is 10.8. The average molecular weight is 421 g/mol. The van der Waals surface area contributed by atoms with Crippen LogP contribution in [0, 0.1) is 5.92 Å². The summed E-state index contributed by atoms with van der Waals surface area (Å²) >= 11 is 0. The van der Waals surface area contributed by atoms with Crippen LogP contribution in [0.25, 0.3) is 0 Å². The molecule has 2 aromatic carbocycles. The summed E-state index contributed by atoms with van der Waals surface area (Å²) in [6.07, 6.45) is 1.76. The number of aromatic hydroxyl groups is 1. The van der Waals surface area contributed by atoms with E-state index in [0.29, 0.717) is 18.4 Å². The Morgan fingerprint density at radius 3 is 2.32 bits per heavy atom. The molecular weight excluding hydrogens is 384 g/mol. The van der Waals surface area contributed by atoms with E-state index >= 15 is 0 Å². The topological polar surface area (TPSA) is 54.2 Å². The molecule has 166 valence electrons. The van der Waals surface area contributed by atoms with Crippen molar-refractivity contribution < 1.29 is 9.84 Å². The SMILES string of the molecule is CC(C)[C@H]1COC(c2ccccc2N=Cc2cc(C(C)(C)C)cc(C(C)(C)C)c2O)=N1. The Hall–Kier alpha value is -2.62. The highest BCUT2D eigenvalue weighted by molar-refractivity contribution is 6.01. The van der Waals surface area contributed by atoms with Gasteiger partial charge in [-0.2, -0.15) is 0 Å². The van der Waals surface area contributed by atoms with E-state index < -0.39 is 0 Å². The first-order valence-corrected chi connectivity index (χ1v) is 11.1. The van der Waals surface area contributed by atoms with E-state index in [1.165, 1.54) is 5.56 Å². The van der Waals surface area contributed by atoms with Gasteiger partial charge in [0, 0.05) is 17.3 Å². The lowest BCUT2D eigenvalue weighted by Crippen LogP contribution is -2.17. The Balaban J connectivity index is 2.05. The van der Waals surface area contributed by atoms with Crippen molar-refractivity contribution in [2.45, 2.75) is 72.3 Å². The maximum absolute atomic E-state index is 11.0. The molecule has 4 nitrogen and oxygen atoms in total. The smallest absolute Gasteiger partial charge is 0.218 e. The lowest BCUT2D eigenvalue weighted by molar-refractivity contribution is 0.292. The molecule has 4 heteroatoms. The lowest BCUT2D eigenvalue weighted by Gasteiger charge is -2.27. The van der Waals surface area contributed by atoms with Gasteiger partial charge in [0.2, 0.25) is 5.90 Å². The molecule has 0 fully saturated rings. The Bertz CT molecular complexity index is 1000. The number of ether oxygens (including phenoxy) is 1. The largest absolute Gasteiger partial charge is 0.507 e. The average Bonchev–Trinajstić information content (AvgIpc) is 3.16. The van der Waals surface area contributed by atoms with Crippen molar-refractivity contribution in [3.63, 3.8) is 0 Å². The standard InChI is InChI=1S/C27H36N2O2/c1-17(2)23-16-31-25(29-23)20-11-9-10-12-22(20)28-15-18-13-19(26(3,4)5)14-21(24(18)30)27(6,7)8/h9-15,17,23,30H,16H2,1-8H3/t23-/m1/s1. The van der Waals surface area contributed by atoms with Gasteiger partial charge in [-0.05, 0) is 40.5 Å². The molecule has 0 aromatic heterocycles. The van der Waals surface area contributed by atoms with Gasteiger partial charge in [-0.3, -0.25) is 4.99 Å². The molecule has 2 aromatic rings. The van der Waals surface area contributed by atoms with E-state index in [2.05, 4.69) is 61.5 Å². The van der Waals surface area contributed by atoms with Gasteiger partial charge in [0.25, 0.3) is 0 Å². The molecule has 0 unspecified atom stereocenters. The number of aliphatic imine (C=N–C) groups is 2. The first kappa shape index (κ1) is 23.1. The molecule has 3 rings (SSSR count). The maximum atomic E-state index is 11.0. The van der Waals surface area contributed by atoms with Gasteiger partial charge in [-0.15, -0.1) is 0 Å². The van der Waals surface area contributed by atoms with Crippen molar-refractivity contribution in [3.05, 3.63) is 58.7 Å². The minimum absolute atomic E-state index is 0.0352. The number of para-hydroxylation sites is 1. The van der Waals surface area contributed by atoms with Crippen molar-refractivity contribution in [1.29, 1.82) is 0 Å². The highest BCUT2D eigenvalue weighted by atomic mass is 16.5. The Morgan fingerprint density at radius 2 is 1.74 bits per heavy atom. The normalized spacial score (nSPS) is 17.3. The third-order valence-electron chi connectivity index (χ3n) is 5.73. The van der Waals surface area contributed by atoms with Gasteiger partial charge in [-0.1, -0.05) is 73.6 Å². The van der Waals surface area contributed by atoms with E-state index in [1.807, 2.05) is 30.3 Å². The fourth-order valence-electron chi connectivity index (χ4n) is 3.54. The van der Waals surface area contributed by atoms with Crippen molar-refractivity contribution in [1.82, 2.24) is 0 Å². The molecule has 1 aliphatic rings. The van der Waals surface area contributed by atoms with Crippen LogP contribution in [0.5, 0.6) is 5.75 Å². The fraction of sp³-hybridized carbons (Fsp3) is 0.481. The van der Waals surface area contributed by atoms with Crippen LogP contribution in [-0.4, -0.2) is 29.9 Å². The van der Waals surface area contributed by atoms with E-state index in [4.69, 9.17) is 14.7 Å². The summed E-state index contributed by atoms with van der Waals surface area (Å²) in [7, 11) is 0. The van der Waals surface area contributed by atoms with E-state index in [-0.39, 0.29) is 22.6 Å². The van der Waals surface area contributed by atoms with Crippen LogP contribution in [0.3, 0.4) is 0 Å². The van der Waals surface area contributed by atoms with Crippen LogP contribution in [-0.2, 0) is 15.6 Å². The maximum Gasteiger partial charge on any atom is 0.218 e. The van der Waals surface area contributed by atoms with Gasteiger partial charge in [0.15, 0.2) is 0 Å². The predicted octanol–water partition coefficient (Wildman–Crippen LogP) is 6.54. The highest BCUT2D eigenvalue weighted by Crippen LogP contribution is 2.37. The number of nitrogens with zero attached hydrogens (tertiary/aromatic N) is 2. The van der Waals surface area contributed by atoms with Crippen LogP contribution >= 0.6 is 0 Å². The van der Waals surface area contributed by atoms with Crippen LogP contribution in [0.2, 0.25) is 0 Å². The first-order valence-electron chi connectivity index (χ1n) is 11.1. The minimum atomic E-state index is -0.176. The molecule has 31 heavy (non-hydrogen) atoms. The quantitative estimate of drug-likeness (QED) is 0.571. The lowest BCUT2D eigenvalue weighted by atomic mass is 9.79. The number of rotatable bonds is 4.